The molecular weight excluding hydrogens is 358 g/mol. The molecule has 1 aromatic heterocycles. The lowest BCUT2D eigenvalue weighted by Gasteiger charge is -2.18. The van der Waals surface area contributed by atoms with E-state index in [-0.39, 0.29) is 12.5 Å². The Morgan fingerprint density at radius 1 is 1.11 bits per heavy atom. The average molecular weight is 379 g/mol. The summed E-state index contributed by atoms with van der Waals surface area (Å²) in [7, 11) is 1.69. The van der Waals surface area contributed by atoms with Gasteiger partial charge in [-0.05, 0) is 59.7 Å². The summed E-state index contributed by atoms with van der Waals surface area (Å²) in [5.41, 5.74) is 4.42. The van der Waals surface area contributed by atoms with Gasteiger partial charge in [-0.2, -0.15) is 0 Å². The molecule has 0 saturated carbocycles. The van der Waals surface area contributed by atoms with Gasteiger partial charge < -0.3 is 9.64 Å². The Kier molecular flexibility index (Phi) is 5.78. The van der Waals surface area contributed by atoms with Crippen LogP contribution >= 0.6 is 0 Å². The van der Waals surface area contributed by atoms with E-state index < -0.39 is 5.97 Å². The Hall–Kier alpha value is -3.55. The SMILES string of the molecule is Cc1ccc(CN(C)C(=O)COC(=O)c2ccc(-n3cnnn3)cc2)c(C)c1. The minimum atomic E-state index is -0.559. The number of aryl methyl sites for hydroxylation is 2. The van der Waals surface area contributed by atoms with Crippen molar-refractivity contribution in [1.82, 2.24) is 25.1 Å². The molecule has 1 heterocycles. The van der Waals surface area contributed by atoms with Crippen molar-refractivity contribution in [3.8, 4) is 5.69 Å². The van der Waals surface area contributed by atoms with Crippen LogP contribution in [0.5, 0.6) is 0 Å². The quantitative estimate of drug-likeness (QED) is 0.609. The van der Waals surface area contributed by atoms with Crippen LogP contribution in [0.2, 0.25) is 0 Å². The van der Waals surface area contributed by atoms with E-state index in [4.69, 9.17) is 4.74 Å². The largest absolute Gasteiger partial charge is 0.452 e. The van der Waals surface area contributed by atoms with Crippen molar-refractivity contribution in [2.45, 2.75) is 20.4 Å². The molecule has 1 amide bonds. The van der Waals surface area contributed by atoms with Gasteiger partial charge in [0, 0.05) is 13.6 Å². The van der Waals surface area contributed by atoms with Crippen molar-refractivity contribution < 1.29 is 14.3 Å². The van der Waals surface area contributed by atoms with Crippen LogP contribution < -0.4 is 0 Å². The summed E-state index contributed by atoms with van der Waals surface area (Å²) < 4.78 is 6.62. The first-order valence-electron chi connectivity index (χ1n) is 8.74. The predicted molar refractivity (Wildman–Crippen MR) is 102 cm³/mol. The molecule has 0 unspecified atom stereocenters. The van der Waals surface area contributed by atoms with Gasteiger partial charge in [0.05, 0.1) is 11.3 Å². The van der Waals surface area contributed by atoms with Gasteiger partial charge in [-0.25, -0.2) is 9.48 Å². The fraction of sp³-hybridized carbons (Fsp3) is 0.250. The first kappa shape index (κ1) is 19.2. The number of tetrazole rings is 1. The highest BCUT2D eigenvalue weighted by atomic mass is 16.5. The number of carbonyl (C=O) groups is 2. The van der Waals surface area contributed by atoms with Crippen molar-refractivity contribution in [2.24, 2.45) is 0 Å². The molecule has 8 nitrogen and oxygen atoms in total. The number of ether oxygens (including phenoxy) is 1. The van der Waals surface area contributed by atoms with Gasteiger partial charge >= 0.3 is 5.97 Å². The molecule has 0 aliphatic rings. The zero-order valence-electron chi connectivity index (χ0n) is 16.0. The van der Waals surface area contributed by atoms with E-state index in [1.165, 1.54) is 16.6 Å². The number of rotatable bonds is 6. The smallest absolute Gasteiger partial charge is 0.338 e. The number of hydrogen-bond donors (Lipinski definition) is 0. The molecule has 0 aliphatic heterocycles. The van der Waals surface area contributed by atoms with Crippen LogP contribution in [0.25, 0.3) is 5.69 Å². The predicted octanol–water partition coefficient (Wildman–Crippen LogP) is 2.09. The van der Waals surface area contributed by atoms with Crippen molar-refractivity contribution in [3.05, 3.63) is 71.0 Å². The second-order valence-electron chi connectivity index (χ2n) is 6.56. The van der Waals surface area contributed by atoms with Crippen molar-refractivity contribution in [1.29, 1.82) is 0 Å². The number of aromatic nitrogens is 4. The van der Waals surface area contributed by atoms with E-state index >= 15 is 0 Å². The van der Waals surface area contributed by atoms with Gasteiger partial charge in [-0.3, -0.25) is 4.79 Å². The number of esters is 1. The fourth-order valence-corrected chi connectivity index (χ4v) is 2.72. The Balaban J connectivity index is 1.54. The van der Waals surface area contributed by atoms with Crippen LogP contribution in [0.4, 0.5) is 0 Å². The third kappa shape index (κ3) is 4.59. The molecule has 28 heavy (non-hydrogen) atoms. The minimum absolute atomic E-state index is 0.265. The van der Waals surface area contributed by atoms with E-state index in [1.54, 1.807) is 36.2 Å². The van der Waals surface area contributed by atoms with Gasteiger partial charge in [-0.15, -0.1) is 5.10 Å². The third-order valence-electron chi connectivity index (χ3n) is 4.37. The lowest BCUT2D eigenvalue weighted by atomic mass is 10.1. The van der Waals surface area contributed by atoms with Crippen LogP contribution in [0, 0.1) is 13.8 Å². The van der Waals surface area contributed by atoms with Gasteiger partial charge in [0.25, 0.3) is 5.91 Å². The molecule has 3 rings (SSSR count). The zero-order chi connectivity index (χ0) is 20.1. The molecule has 2 aromatic carbocycles. The molecule has 0 saturated heterocycles. The van der Waals surface area contributed by atoms with Crippen molar-refractivity contribution in [3.63, 3.8) is 0 Å². The normalized spacial score (nSPS) is 10.5. The Bertz CT molecular complexity index is 968. The van der Waals surface area contributed by atoms with Gasteiger partial charge in [0.1, 0.15) is 6.33 Å². The van der Waals surface area contributed by atoms with E-state index in [1.807, 2.05) is 26.0 Å². The van der Waals surface area contributed by atoms with E-state index in [9.17, 15) is 9.59 Å². The summed E-state index contributed by atoms with van der Waals surface area (Å²) in [5, 5.41) is 10.9. The van der Waals surface area contributed by atoms with Crippen LogP contribution in [-0.4, -0.2) is 50.6 Å². The molecule has 144 valence electrons. The van der Waals surface area contributed by atoms with Gasteiger partial charge in [0.2, 0.25) is 0 Å². The zero-order valence-corrected chi connectivity index (χ0v) is 16.0. The van der Waals surface area contributed by atoms with E-state index in [2.05, 4.69) is 21.6 Å². The van der Waals surface area contributed by atoms with Crippen molar-refractivity contribution in [2.75, 3.05) is 13.7 Å². The third-order valence-corrected chi connectivity index (χ3v) is 4.37. The standard InChI is InChI=1S/C20H21N5O3/c1-14-4-5-17(15(2)10-14)11-24(3)19(26)12-28-20(27)16-6-8-18(9-7-16)25-13-21-22-23-25/h4-10,13H,11-12H2,1-3H3. The van der Waals surface area contributed by atoms with Gasteiger partial charge in [-0.1, -0.05) is 23.8 Å². The first-order valence-corrected chi connectivity index (χ1v) is 8.74. The Labute approximate surface area is 162 Å². The average Bonchev–Trinajstić information content (AvgIpc) is 3.23. The second kappa shape index (κ2) is 8.43. The maximum Gasteiger partial charge on any atom is 0.338 e. The lowest BCUT2D eigenvalue weighted by Crippen LogP contribution is -2.31. The molecule has 0 radical (unpaired) electrons. The summed E-state index contributed by atoms with van der Waals surface area (Å²) >= 11 is 0. The van der Waals surface area contributed by atoms with Crippen LogP contribution in [-0.2, 0) is 16.1 Å². The van der Waals surface area contributed by atoms with E-state index in [0.717, 1.165) is 11.1 Å². The molecular formula is C20H21N5O3. The summed E-state index contributed by atoms with van der Waals surface area (Å²) in [6.07, 6.45) is 1.46. The highest BCUT2D eigenvalue weighted by Gasteiger charge is 2.15. The number of hydrogen-bond acceptors (Lipinski definition) is 6. The second-order valence-corrected chi connectivity index (χ2v) is 6.56. The summed E-state index contributed by atoms with van der Waals surface area (Å²) in [6, 6.07) is 12.7. The molecule has 8 heteroatoms. The monoisotopic (exact) mass is 379 g/mol. The van der Waals surface area contributed by atoms with E-state index in [0.29, 0.717) is 17.8 Å². The number of carbonyl (C=O) groups excluding carboxylic acids is 2. The first-order chi connectivity index (χ1) is 13.4. The number of nitrogens with zero attached hydrogens (tertiary/aromatic N) is 5. The van der Waals surface area contributed by atoms with Crippen molar-refractivity contribution >= 4 is 11.9 Å². The molecule has 0 bridgehead atoms. The summed E-state index contributed by atoms with van der Waals surface area (Å²) in [4.78, 5) is 26.0. The molecule has 0 N–H and O–H groups in total. The molecule has 0 fully saturated rings. The van der Waals surface area contributed by atoms with Gasteiger partial charge in [0.15, 0.2) is 6.61 Å². The maximum absolute atomic E-state index is 12.3. The number of amides is 1. The summed E-state index contributed by atoms with van der Waals surface area (Å²) in [5.74, 6) is -0.824. The highest BCUT2D eigenvalue weighted by Crippen LogP contribution is 2.13. The number of benzene rings is 2. The van der Waals surface area contributed by atoms with Crippen LogP contribution in [0.1, 0.15) is 27.0 Å². The Morgan fingerprint density at radius 3 is 2.50 bits per heavy atom. The fourth-order valence-electron chi connectivity index (χ4n) is 2.72. The topological polar surface area (TPSA) is 90.2 Å². The molecule has 0 aliphatic carbocycles. The minimum Gasteiger partial charge on any atom is -0.452 e. The van der Waals surface area contributed by atoms with Crippen LogP contribution in [0.15, 0.2) is 48.8 Å². The summed E-state index contributed by atoms with van der Waals surface area (Å²) in [6.45, 7) is 4.19. The molecule has 0 spiro atoms. The number of likely N-dealkylation sites (N-methyl/N-ethyl adjacent to an activating group) is 1. The maximum atomic E-state index is 12.3. The Morgan fingerprint density at radius 2 is 1.86 bits per heavy atom. The molecule has 0 atom stereocenters. The van der Waals surface area contributed by atoms with Crippen LogP contribution in [0.3, 0.4) is 0 Å². The highest BCUT2D eigenvalue weighted by molar-refractivity contribution is 5.91. The lowest BCUT2D eigenvalue weighted by molar-refractivity contribution is -0.133. The molecule has 3 aromatic rings.